The number of para-hydroxylation sites is 1. The van der Waals surface area contributed by atoms with Crippen molar-refractivity contribution in [2.75, 3.05) is 0 Å². The van der Waals surface area contributed by atoms with Crippen molar-refractivity contribution in [1.82, 2.24) is 19.7 Å². The van der Waals surface area contributed by atoms with Crippen LogP contribution in [-0.2, 0) is 20.1 Å². The molecule has 4 nitrogen and oxygen atoms in total. The van der Waals surface area contributed by atoms with Gasteiger partial charge in [-0.1, -0.05) is 84.8 Å². The summed E-state index contributed by atoms with van der Waals surface area (Å²) in [6.07, 6.45) is 0. The van der Waals surface area contributed by atoms with Crippen LogP contribution in [0.15, 0.2) is 84.9 Å². The predicted octanol–water partition coefficient (Wildman–Crippen LogP) is 6.39. The van der Waals surface area contributed by atoms with E-state index in [0.717, 1.165) is 39.9 Å². The van der Waals surface area contributed by atoms with E-state index in [2.05, 4.69) is 77.8 Å². The minimum absolute atomic E-state index is 0. The topological polar surface area (TPSA) is 43.6 Å². The zero-order valence-electron chi connectivity index (χ0n) is 18.7. The predicted molar refractivity (Wildman–Crippen MR) is 129 cm³/mol. The Morgan fingerprint density at radius 2 is 1.45 bits per heavy atom. The quantitative estimate of drug-likeness (QED) is 0.223. The first kappa shape index (κ1) is 22.8. The van der Waals surface area contributed by atoms with Crippen molar-refractivity contribution in [2.24, 2.45) is 0 Å². The van der Waals surface area contributed by atoms with Crippen molar-refractivity contribution >= 4 is 0 Å². The van der Waals surface area contributed by atoms with Gasteiger partial charge in [0.05, 0.1) is 5.82 Å². The summed E-state index contributed by atoms with van der Waals surface area (Å²) in [5.74, 6) is 1.58. The first-order valence-electron chi connectivity index (χ1n) is 10.7. The number of hydrogen-bond acceptors (Lipinski definition) is 3. The number of aryl methyl sites for hydroxylation is 3. The van der Waals surface area contributed by atoms with Gasteiger partial charge >= 0.3 is 0 Å². The summed E-state index contributed by atoms with van der Waals surface area (Å²) in [5.41, 5.74) is 8.31. The maximum absolute atomic E-state index is 4.95. The molecule has 5 aromatic rings. The van der Waals surface area contributed by atoms with Crippen molar-refractivity contribution < 1.29 is 20.1 Å². The third-order valence-electron chi connectivity index (χ3n) is 5.69. The molecule has 0 saturated carbocycles. The summed E-state index contributed by atoms with van der Waals surface area (Å²) in [6.45, 7) is 6.08. The molecule has 3 aromatic carbocycles. The van der Waals surface area contributed by atoms with E-state index >= 15 is 0 Å². The van der Waals surface area contributed by atoms with Crippen LogP contribution in [-0.4, -0.2) is 19.7 Å². The summed E-state index contributed by atoms with van der Waals surface area (Å²) in [7, 11) is 0. The molecule has 0 aliphatic carbocycles. The molecular formula is C28H23IrN4-. The van der Waals surface area contributed by atoms with Gasteiger partial charge in [-0.25, -0.2) is 0 Å². The summed E-state index contributed by atoms with van der Waals surface area (Å²) in [4.78, 5) is 4.95. The van der Waals surface area contributed by atoms with Crippen molar-refractivity contribution in [2.45, 2.75) is 20.8 Å². The molecule has 5 rings (SSSR count). The van der Waals surface area contributed by atoms with Gasteiger partial charge in [-0.05, 0) is 54.1 Å². The Kier molecular flexibility index (Phi) is 6.64. The van der Waals surface area contributed by atoms with E-state index in [0.29, 0.717) is 0 Å². The molecule has 0 amide bonds. The Labute approximate surface area is 207 Å². The van der Waals surface area contributed by atoms with Gasteiger partial charge in [0, 0.05) is 25.8 Å². The minimum Gasteiger partial charge on any atom is -0.348 e. The Morgan fingerprint density at radius 3 is 2.15 bits per heavy atom. The molecule has 165 valence electrons. The molecule has 0 N–H and O–H groups in total. The summed E-state index contributed by atoms with van der Waals surface area (Å²) < 4.78 is 2.04. The fourth-order valence-electron chi connectivity index (χ4n) is 4.00. The molecule has 0 bridgehead atoms. The monoisotopic (exact) mass is 608 g/mol. The largest absolute Gasteiger partial charge is 0.348 e. The molecule has 0 fully saturated rings. The third kappa shape index (κ3) is 4.43. The molecule has 0 aliphatic rings. The van der Waals surface area contributed by atoms with Gasteiger partial charge in [0.25, 0.3) is 0 Å². The molecule has 0 saturated heterocycles. The van der Waals surface area contributed by atoms with Crippen molar-refractivity contribution in [1.29, 1.82) is 0 Å². The smallest absolute Gasteiger partial charge is 0.125 e. The molecule has 0 spiro atoms. The fourth-order valence-corrected chi connectivity index (χ4v) is 4.00. The standard InChI is InChI=1S/C28H23N4.Ir/c1-19-14-15-23(22-10-6-4-7-11-22)18-26(19)27-17-16-25(20(2)29-27)28-31-30-21(3)32(28)24-12-8-5-9-13-24;/h4-15,17-18H,1-3H3;/q-1;. The number of nitrogens with zero attached hydrogens (tertiary/aromatic N) is 4. The van der Waals surface area contributed by atoms with Crippen LogP contribution in [0.25, 0.3) is 39.5 Å². The van der Waals surface area contributed by atoms with E-state index in [1.807, 2.05) is 48.7 Å². The second-order valence-electron chi connectivity index (χ2n) is 7.88. The first-order valence-corrected chi connectivity index (χ1v) is 10.7. The van der Waals surface area contributed by atoms with E-state index in [1.54, 1.807) is 0 Å². The van der Waals surface area contributed by atoms with Crippen LogP contribution >= 0.6 is 0 Å². The SMILES string of the molecule is Cc1ccc(-c2ccccc2)cc1-c1c[c-]c(-c2nnc(C)n2-c2ccccc2)c(C)n1.[Ir]. The van der Waals surface area contributed by atoms with Gasteiger partial charge in [0.1, 0.15) is 5.82 Å². The van der Waals surface area contributed by atoms with Gasteiger partial charge < -0.3 is 9.55 Å². The van der Waals surface area contributed by atoms with Crippen LogP contribution in [0.5, 0.6) is 0 Å². The third-order valence-corrected chi connectivity index (χ3v) is 5.69. The molecule has 2 heterocycles. The Balaban J connectivity index is 0.00000259. The summed E-state index contributed by atoms with van der Waals surface area (Å²) in [5, 5.41) is 8.75. The van der Waals surface area contributed by atoms with Crippen LogP contribution < -0.4 is 0 Å². The average molecular weight is 608 g/mol. The summed E-state index contributed by atoms with van der Waals surface area (Å²) in [6, 6.07) is 32.5. The molecule has 5 heteroatoms. The van der Waals surface area contributed by atoms with Crippen molar-refractivity contribution in [3.8, 4) is 39.5 Å². The second kappa shape index (κ2) is 9.62. The van der Waals surface area contributed by atoms with Crippen molar-refractivity contribution in [3.05, 3.63) is 108 Å². The Bertz CT molecular complexity index is 1390. The fraction of sp³-hybridized carbons (Fsp3) is 0.107. The molecule has 0 atom stereocenters. The van der Waals surface area contributed by atoms with Crippen LogP contribution in [0, 0.1) is 26.8 Å². The molecule has 33 heavy (non-hydrogen) atoms. The van der Waals surface area contributed by atoms with Gasteiger partial charge in [0.2, 0.25) is 0 Å². The van der Waals surface area contributed by atoms with E-state index in [-0.39, 0.29) is 20.1 Å². The van der Waals surface area contributed by atoms with Crippen LogP contribution in [0.3, 0.4) is 0 Å². The second-order valence-corrected chi connectivity index (χ2v) is 7.88. The van der Waals surface area contributed by atoms with Crippen LogP contribution in [0.1, 0.15) is 17.1 Å². The van der Waals surface area contributed by atoms with Gasteiger partial charge in [-0.3, -0.25) is 0 Å². The number of aromatic nitrogens is 4. The number of rotatable bonds is 4. The summed E-state index contributed by atoms with van der Waals surface area (Å²) >= 11 is 0. The maximum atomic E-state index is 4.95. The molecular weight excluding hydrogens is 585 g/mol. The zero-order valence-corrected chi connectivity index (χ0v) is 21.1. The van der Waals surface area contributed by atoms with E-state index in [4.69, 9.17) is 4.98 Å². The number of benzene rings is 3. The first-order chi connectivity index (χ1) is 15.6. The Hall–Kier alpha value is -3.40. The van der Waals surface area contributed by atoms with Crippen LogP contribution in [0.2, 0.25) is 0 Å². The number of hydrogen-bond donors (Lipinski definition) is 0. The van der Waals surface area contributed by atoms with Gasteiger partial charge in [-0.15, -0.1) is 17.2 Å². The number of pyridine rings is 1. The van der Waals surface area contributed by atoms with Crippen LogP contribution in [0.4, 0.5) is 0 Å². The molecule has 2 aromatic heterocycles. The molecule has 0 unspecified atom stereocenters. The average Bonchev–Trinajstić information content (AvgIpc) is 3.21. The minimum atomic E-state index is 0. The molecule has 1 radical (unpaired) electrons. The van der Waals surface area contributed by atoms with E-state index in [1.165, 1.54) is 16.7 Å². The van der Waals surface area contributed by atoms with E-state index < -0.39 is 0 Å². The molecule has 0 aliphatic heterocycles. The van der Waals surface area contributed by atoms with Crippen molar-refractivity contribution in [3.63, 3.8) is 0 Å². The normalized spacial score (nSPS) is 10.6. The zero-order chi connectivity index (χ0) is 22.1. The Morgan fingerprint density at radius 1 is 0.758 bits per heavy atom. The maximum Gasteiger partial charge on any atom is 0.125 e. The van der Waals surface area contributed by atoms with Gasteiger partial charge in [0.15, 0.2) is 0 Å². The van der Waals surface area contributed by atoms with E-state index in [9.17, 15) is 0 Å². The van der Waals surface area contributed by atoms with Gasteiger partial charge in [-0.2, -0.15) is 5.10 Å².